The molecule has 1 atom stereocenters. The molecule has 0 spiro atoms. The summed E-state index contributed by atoms with van der Waals surface area (Å²) in [5.74, 6) is 2.18. The Balaban J connectivity index is 2.11. The summed E-state index contributed by atoms with van der Waals surface area (Å²) >= 11 is 0. The molecule has 1 aromatic carbocycles. The second kappa shape index (κ2) is 7.10. The Morgan fingerprint density at radius 3 is 2.60 bits per heavy atom. The molecule has 2 rings (SSSR count). The van der Waals surface area contributed by atoms with Crippen molar-refractivity contribution in [2.24, 2.45) is 5.73 Å². The number of aromatic nitrogens is 2. The summed E-state index contributed by atoms with van der Waals surface area (Å²) < 4.78 is 5.58. The standard InChI is InChI=1S/C16H23N3O/c1-3-9-20-14-7-5-13(6-8-14)15-11-18-16(19-15)12(4-2)10-17/h5-8,11-12H,3-4,9-10,17H2,1-2H3,(H,18,19). The van der Waals surface area contributed by atoms with Gasteiger partial charge in [0.25, 0.3) is 0 Å². The molecule has 3 N–H and O–H groups in total. The van der Waals surface area contributed by atoms with Crippen LogP contribution < -0.4 is 10.5 Å². The minimum atomic E-state index is 0.302. The summed E-state index contributed by atoms with van der Waals surface area (Å²) in [4.78, 5) is 7.80. The Kier molecular flexibility index (Phi) is 5.18. The fourth-order valence-electron chi connectivity index (χ4n) is 2.11. The number of imidazole rings is 1. The topological polar surface area (TPSA) is 63.9 Å². The van der Waals surface area contributed by atoms with E-state index in [9.17, 15) is 0 Å². The molecule has 0 aliphatic rings. The first-order valence-electron chi connectivity index (χ1n) is 7.26. The summed E-state index contributed by atoms with van der Waals surface area (Å²) in [5.41, 5.74) is 7.89. The highest BCUT2D eigenvalue weighted by atomic mass is 16.5. The van der Waals surface area contributed by atoms with Gasteiger partial charge in [0, 0.05) is 12.5 Å². The number of hydrogen-bond acceptors (Lipinski definition) is 3. The van der Waals surface area contributed by atoms with Gasteiger partial charge in [0.15, 0.2) is 0 Å². The van der Waals surface area contributed by atoms with Crippen molar-refractivity contribution in [2.75, 3.05) is 13.2 Å². The number of nitrogens with one attached hydrogen (secondary N) is 1. The van der Waals surface area contributed by atoms with Crippen LogP contribution in [0.1, 0.15) is 38.4 Å². The lowest BCUT2D eigenvalue weighted by molar-refractivity contribution is 0.317. The second-order valence-electron chi connectivity index (χ2n) is 4.90. The van der Waals surface area contributed by atoms with Crippen LogP contribution in [-0.2, 0) is 0 Å². The number of nitrogens with zero attached hydrogens (tertiary/aromatic N) is 1. The number of rotatable bonds is 7. The van der Waals surface area contributed by atoms with Crippen LogP contribution >= 0.6 is 0 Å². The summed E-state index contributed by atoms with van der Waals surface area (Å²) in [6.45, 7) is 5.59. The summed E-state index contributed by atoms with van der Waals surface area (Å²) in [6, 6.07) is 8.08. The van der Waals surface area contributed by atoms with E-state index in [4.69, 9.17) is 10.5 Å². The van der Waals surface area contributed by atoms with Crippen LogP contribution in [-0.4, -0.2) is 23.1 Å². The van der Waals surface area contributed by atoms with Crippen LogP contribution in [0.15, 0.2) is 30.5 Å². The fourth-order valence-corrected chi connectivity index (χ4v) is 2.11. The SMILES string of the molecule is CCCOc1ccc(-c2cnc(C(CC)CN)[nH]2)cc1. The molecular weight excluding hydrogens is 250 g/mol. The highest BCUT2D eigenvalue weighted by Crippen LogP contribution is 2.23. The van der Waals surface area contributed by atoms with Crippen LogP contribution in [0, 0.1) is 0 Å². The van der Waals surface area contributed by atoms with Crippen LogP contribution in [0.25, 0.3) is 11.3 Å². The van der Waals surface area contributed by atoms with Crippen LogP contribution in [0.4, 0.5) is 0 Å². The average molecular weight is 273 g/mol. The van der Waals surface area contributed by atoms with E-state index in [0.717, 1.165) is 42.3 Å². The smallest absolute Gasteiger partial charge is 0.119 e. The Hall–Kier alpha value is -1.81. The highest BCUT2D eigenvalue weighted by molar-refractivity contribution is 5.59. The Bertz CT molecular complexity index is 515. The van der Waals surface area contributed by atoms with Crippen molar-refractivity contribution >= 4 is 0 Å². The highest BCUT2D eigenvalue weighted by Gasteiger charge is 2.11. The zero-order chi connectivity index (χ0) is 14.4. The van der Waals surface area contributed by atoms with E-state index in [1.165, 1.54) is 0 Å². The molecule has 0 fully saturated rings. The van der Waals surface area contributed by atoms with E-state index in [-0.39, 0.29) is 0 Å². The van der Waals surface area contributed by atoms with Gasteiger partial charge in [0.05, 0.1) is 18.5 Å². The van der Waals surface area contributed by atoms with Crippen molar-refractivity contribution < 1.29 is 4.74 Å². The number of benzene rings is 1. The normalized spacial score (nSPS) is 12.3. The van der Waals surface area contributed by atoms with Gasteiger partial charge >= 0.3 is 0 Å². The number of ether oxygens (including phenoxy) is 1. The molecule has 0 amide bonds. The van der Waals surface area contributed by atoms with Crippen molar-refractivity contribution in [1.82, 2.24) is 9.97 Å². The van der Waals surface area contributed by atoms with E-state index in [2.05, 4.69) is 23.8 Å². The Morgan fingerprint density at radius 1 is 1.25 bits per heavy atom. The van der Waals surface area contributed by atoms with Crippen LogP contribution in [0.5, 0.6) is 5.75 Å². The summed E-state index contributed by atoms with van der Waals surface area (Å²) in [7, 11) is 0. The molecule has 108 valence electrons. The van der Waals surface area contributed by atoms with Crippen LogP contribution in [0.2, 0.25) is 0 Å². The number of nitrogens with two attached hydrogens (primary N) is 1. The third-order valence-corrected chi connectivity index (χ3v) is 3.40. The molecule has 4 nitrogen and oxygen atoms in total. The van der Waals surface area contributed by atoms with Crippen molar-refractivity contribution in [1.29, 1.82) is 0 Å². The zero-order valence-electron chi connectivity index (χ0n) is 12.2. The van der Waals surface area contributed by atoms with Crippen molar-refractivity contribution in [3.63, 3.8) is 0 Å². The largest absolute Gasteiger partial charge is 0.494 e. The summed E-state index contributed by atoms with van der Waals surface area (Å²) in [6.07, 6.45) is 3.88. The van der Waals surface area contributed by atoms with Crippen molar-refractivity contribution in [2.45, 2.75) is 32.6 Å². The number of aromatic amines is 1. The fraction of sp³-hybridized carbons (Fsp3) is 0.438. The van der Waals surface area contributed by atoms with E-state index >= 15 is 0 Å². The van der Waals surface area contributed by atoms with E-state index in [0.29, 0.717) is 12.5 Å². The van der Waals surface area contributed by atoms with Gasteiger partial charge in [-0.1, -0.05) is 13.8 Å². The molecule has 0 aliphatic heterocycles. The van der Waals surface area contributed by atoms with Gasteiger partial charge < -0.3 is 15.5 Å². The third kappa shape index (κ3) is 3.39. The maximum atomic E-state index is 5.75. The van der Waals surface area contributed by atoms with E-state index in [1.54, 1.807) is 0 Å². The van der Waals surface area contributed by atoms with Gasteiger partial charge in [-0.05, 0) is 42.7 Å². The molecule has 2 aromatic rings. The van der Waals surface area contributed by atoms with Gasteiger partial charge in [-0.2, -0.15) is 0 Å². The lowest BCUT2D eigenvalue weighted by Gasteiger charge is -2.08. The quantitative estimate of drug-likeness (QED) is 0.813. The van der Waals surface area contributed by atoms with Gasteiger partial charge in [-0.25, -0.2) is 4.98 Å². The predicted molar refractivity (Wildman–Crippen MR) is 81.9 cm³/mol. The van der Waals surface area contributed by atoms with Gasteiger partial charge in [0.1, 0.15) is 11.6 Å². The molecule has 1 aromatic heterocycles. The molecule has 0 saturated carbocycles. The van der Waals surface area contributed by atoms with Crippen molar-refractivity contribution in [3.05, 3.63) is 36.3 Å². The first-order chi connectivity index (χ1) is 9.78. The Labute approximate surface area is 120 Å². The zero-order valence-corrected chi connectivity index (χ0v) is 12.2. The lowest BCUT2D eigenvalue weighted by Crippen LogP contribution is -2.12. The predicted octanol–water partition coefficient (Wildman–Crippen LogP) is 3.32. The molecule has 20 heavy (non-hydrogen) atoms. The molecule has 0 radical (unpaired) electrons. The summed E-state index contributed by atoms with van der Waals surface area (Å²) in [5, 5.41) is 0. The molecule has 0 saturated heterocycles. The maximum absolute atomic E-state index is 5.75. The minimum Gasteiger partial charge on any atom is -0.494 e. The van der Waals surface area contributed by atoms with Gasteiger partial charge in [0.2, 0.25) is 0 Å². The van der Waals surface area contributed by atoms with E-state index < -0.39 is 0 Å². The first-order valence-corrected chi connectivity index (χ1v) is 7.26. The second-order valence-corrected chi connectivity index (χ2v) is 4.90. The first kappa shape index (κ1) is 14.6. The molecule has 0 bridgehead atoms. The number of hydrogen-bond donors (Lipinski definition) is 2. The molecule has 0 aliphatic carbocycles. The number of H-pyrrole nitrogens is 1. The van der Waals surface area contributed by atoms with E-state index in [1.807, 2.05) is 30.5 Å². The maximum Gasteiger partial charge on any atom is 0.119 e. The van der Waals surface area contributed by atoms with Gasteiger partial charge in [-0.15, -0.1) is 0 Å². The molecule has 1 unspecified atom stereocenters. The minimum absolute atomic E-state index is 0.302. The Morgan fingerprint density at radius 2 is 2.00 bits per heavy atom. The van der Waals surface area contributed by atoms with Crippen LogP contribution in [0.3, 0.4) is 0 Å². The lowest BCUT2D eigenvalue weighted by atomic mass is 10.1. The molecule has 1 heterocycles. The molecular formula is C16H23N3O. The van der Waals surface area contributed by atoms with Crippen molar-refractivity contribution in [3.8, 4) is 17.0 Å². The molecule has 4 heteroatoms. The monoisotopic (exact) mass is 273 g/mol. The van der Waals surface area contributed by atoms with Gasteiger partial charge in [-0.3, -0.25) is 0 Å². The average Bonchev–Trinajstić information content (AvgIpc) is 2.97. The third-order valence-electron chi connectivity index (χ3n) is 3.40.